The number of hydrogen-bond donors (Lipinski definition) is 2. The Morgan fingerprint density at radius 1 is 1.36 bits per heavy atom. The lowest BCUT2D eigenvalue weighted by molar-refractivity contribution is 0.130. The van der Waals surface area contributed by atoms with Gasteiger partial charge in [-0.3, -0.25) is 0 Å². The van der Waals surface area contributed by atoms with Crippen LogP contribution in [0, 0.1) is 6.92 Å². The zero-order chi connectivity index (χ0) is 19.1. The van der Waals surface area contributed by atoms with Crippen LogP contribution in [0.3, 0.4) is 0 Å². The number of aryl methyl sites for hydroxylation is 1. The first-order valence-corrected chi connectivity index (χ1v) is 10.3. The van der Waals surface area contributed by atoms with Gasteiger partial charge in [-0.25, -0.2) is 4.98 Å². The van der Waals surface area contributed by atoms with Gasteiger partial charge in [0, 0.05) is 47.7 Å². The minimum Gasteiger partial charge on any atom is -0.476 e. The molecule has 4 heterocycles. The summed E-state index contributed by atoms with van der Waals surface area (Å²) in [6.45, 7) is 9.17. The quantitative estimate of drug-likeness (QED) is 0.849. The van der Waals surface area contributed by atoms with Crippen molar-refractivity contribution < 1.29 is 9.47 Å². The molecule has 1 aromatic carbocycles. The summed E-state index contributed by atoms with van der Waals surface area (Å²) in [5.74, 6) is 1.20. The molecule has 1 aromatic heterocycles. The van der Waals surface area contributed by atoms with Crippen molar-refractivity contribution in [1.82, 2.24) is 10.3 Å². The molecule has 6 nitrogen and oxygen atoms in total. The van der Waals surface area contributed by atoms with Crippen molar-refractivity contribution in [1.29, 1.82) is 0 Å². The first-order valence-electron chi connectivity index (χ1n) is 10.3. The van der Waals surface area contributed by atoms with E-state index < -0.39 is 0 Å². The fraction of sp³-hybridized carbons (Fsp3) is 0.500. The topological polar surface area (TPSA) is 58.7 Å². The predicted molar refractivity (Wildman–Crippen MR) is 111 cm³/mol. The van der Waals surface area contributed by atoms with Crippen LogP contribution in [0.2, 0.25) is 0 Å². The van der Waals surface area contributed by atoms with E-state index in [0.29, 0.717) is 31.1 Å². The smallest absolute Gasteiger partial charge is 0.237 e. The second-order valence-corrected chi connectivity index (χ2v) is 7.85. The molecule has 1 fully saturated rings. The van der Waals surface area contributed by atoms with Crippen molar-refractivity contribution in [2.75, 3.05) is 43.1 Å². The Bertz CT molecular complexity index is 885. The molecule has 148 valence electrons. The molecule has 2 N–H and O–H groups in total. The molecule has 5 rings (SSSR count). The van der Waals surface area contributed by atoms with Crippen LogP contribution in [0.1, 0.15) is 36.1 Å². The molecule has 0 aliphatic carbocycles. The Labute approximate surface area is 166 Å². The molecular weight excluding hydrogens is 352 g/mol. The molecule has 0 spiro atoms. The zero-order valence-electron chi connectivity index (χ0n) is 16.6. The highest BCUT2D eigenvalue weighted by Crippen LogP contribution is 2.47. The number of anilines is 3. The molecule has 0 amide bonds. The van der Waals surface area contributed by atoms with E-state index in [9.17, 15) is 0 Å². The van der Waals surface area contributed by atoms with E-state index in [2.05, 4.69) is 32.7 Å². The number of hydrogen-bond acceptors (Lipinski definition) is 6. The third-order valence-corrected chi connectivity index (χ3v) is 6.04. The third kappa shape index (κ3) is 3.01. The van der Waals surface area contributed by atoms with Crippen molar-refractivity contribution >= 4 is 17.1 Å². The number of piperidine rings is 1. The van der Waals surface area contributed by atoms with Gasteiger partial charge in [0.25, 0.3) is 0 Å². The molecule has 0 saturated carbocycles. The van der Waals surface area contributed by atoms with Gasteiger partial charge in [-0.05, 0) is 56.6 Å². The zero-order valence-corrected chi connectivity index (χ0v) is 16.6. The lowest BCUT2D eigenvalue weighted by atomic mass is 9.89. The lowest BCUT2D eigenvalue weighted by Gasteiger charge is -2.33. The summed E-state index contributed by atoms with van der Waals surface area (Å²) >= 11 is 0. The number of nitrogens with one attached hydrogen (secondary N) is 2. The minimum absolute atomic E-state index is 0.546. The predicted octanol–water partition coefficient (Wildman–Crippen LogP) is 3.33. The van der Waals surface area contributed by atoms with E-state index >= 15 is 0 Å². The van der Waals surface area contributed by atoms with Crippen LogP contribution < -0.4 is 20.3 Å². The number of aromatic nitrogens is 1. The second kappa shape index (κ2) is 7.26. The van der Waals surface area contributed by atoms with Crippen LogP contribution in [0.25, 0.3) is 0 Å². The molecule has 2 atom stereocenters. The molecule has 3 aliphatic heterocycles. The van der Waals surface area contributed by atoms with E-state index in [-0.39, 0.29) is 0 Å². The first-order chi connectivity index (χ1) is 13.7. The maximum absolute atomic E-state index is 5.92. The van der Waals surface area contributed by atoms with Crippen LogP contribution in [0.5, 0.6) is 5.88 Å². The number of nitrogens with zero attached hydrogens (tertiary/aromatic N) is 2. The number of pyridine rings is 1. The molecular formula is C22H28N4O2. The van der Waals surface area contributed by atoms with Gasteiger partial charge in [-0.2, -0.15) is 0 Å². The molecule has 0 bridgehead atoms. The van der Waals surface area contributed by atoms with Gasteiger partial charge in [-0.15, -0.1) is 0 Å². The van der Waals surface area contributed by atoms with Crippen molar-refractivity contribution in [3.05, 3.63) is 41.1 Å². The molecule has 0 unspecified atom stereocenters. The van der Waals surface area contributed by atoms with E-state index in [1.54, 1.807) is 0 Å². The van der Waals surface area contributed by atoms with Crippen LogP contribution in [-0.2, 0) is 11.3 Å². The van der Waals surface area contributed by atoms with Gasteiger partial charge in [-0.1, -0.05) is 0 Å². The minimum atomic E-state index is 0.546. The van der Waals surface area contributed by atoms with Gasteiger partial charge in [0.2, 0.25) is 5.88 Å². The fourth-order valence-corrected chi connectivity index (χ4v) is 4.89. The summed E-state index contributed by atoms with van der Waals surface area (Å²) in [6, 6.07) is 9.21. The molecule has 3 aliphatic rings. The maximum atomic E-state index is 5.92. The van der Waals surface area contributed by atoms with Gasteiger partial charge >= 0.3 is 0 Å². The highest BCUT2D eigenvalue weighted by atomic mass is 16.5. The van der Waals surface area contributed by atoms with E-state index in [1.807, 2.05) is 26.0 Å². The van der Waals surface area contributed by atoms with Gasteiger partial charge in [0.05, 0.1) is 19.8 Å². The van der Waals surface area contributed by atoms with E-state index in [4.69, 9.17) is 9.47 Å². The lowest BCUT2D eigenvalue weighted by Crippen LogP contribution is -2.44. The van der Waals surface area contributed by atoms with Gasteiger partial charge < -0.3 is 25.0 Å². The van der Waals surface area contributed by atoms with Gasteiger partial charge in [0.15, 0.2) is 0 Å². The molecule has 0 radical (unpaired) electrons. The third-order valence-electron chi connectivity index (χ3n) is 6.04. The van der Waals surface area contributed by atoms with E-state index in [1.165, 1.54) is 23.2 Å². The SMILES string of the molecule is CCOc1nc(C)ccc1Nc1cc2c3c(c1)[C@@H]1CNCC[C@@H]1N3CCOC2. The summed E-state index contributed by atoms with van der Waals surface area (Å²) in [6.07, 6.45) is 1.19. The van der Waals surface area contributed by atoms with Crippen molar-refractivity contribution in [2.24, 2.45) is 0 Å². The number of ether oxygens (including phenoxy) is 2. The van der Waals surface area contributed by atoms with Crippen LogP contribution in [0.4, 0.5) is 17.1 Å². The fourth-order valence-electron chi connectivity index (χ4n) is 4.89. The molecule has 1 saturated heterocycles. The summed E-state index contributed by atoms with van der Waals surface area (Å²) in [5.41, 5.74) is 7.08. The second-order valence-electron chi connectivity index (χ2n) is 7.85. The van der Waals surface area contributed by atoms with Crippen molar-refractivity contribution in [2.45, 2.75) is 38.8 Å². The molecule has 6 heteroatoms. The average molecular weight is 380 g/mol. The number of rotatable bonds is 4. The van der Waals surface area contributed by atoms with Crippen molar-refractivity contribution in [3.8, 4) is 5.88 Å². The number of benzene rings is 1. The van der Waals surface area contributed by atoms with E-state index in [0.717, 1.165) is 43.3 Å². The Kier molecular flexibility index (Phi) is 4.61. The summed E-state index contributed by atoms with van der Waals surface area (Å²) < 4.78 is 11.7. The molecule has 28 heavy (non-hydrogen) atoms. The van der Waals surface area contributed by atoms with Crippen molar-refractivity contribution in [3.63, 3.8) is 0 Å². The Hall–Kier alpha value is -2.31. The normalized spacial score (nSPS) is 23.0. The summed E-state index contributed by atoms with van der Waals surface area (Å²) in [5, 5.41) is 7.15. The van der Waals surface area contributed by atoms with Crippen LogP contribution >= 0.6 is 0 Å². The standard InChI is InChI=1S/C22H28N4O2/c1-3-28-22-19(5-4-14(2)24-22)25-16-10-15-13-27-9-8-26-20-6-7-23-12-18(20)17(11-16)21(15)26/h4-5,10-11,18,20,23,25H,3,6-9,12-13H2,1-2H3/t18-,20-/m0/s1. The highest BCUT2D eigenvalue weighted by molar-refractivity contribution is 5.75. The first kappa shape index (κ1) is 17.8. The summed E-state index contributed by atoms with van der Waals surface area (Å²) in [7, 11) is 0. The Morgan fingerprint density at radius 3 is 3.18 bits per heavy atom. The maximum Gasteiger partial charge on any atom is 0.237 e. The van der Waals surface area contributed by atoms with Crippen LogP contribution in [-0.4, -0.2) is 43.9 Å². The molecule has 2 aromatic rings. The monoisotopic (exact) mass is 380 g/mol. The highest BCUT2D eigenvalue weighted by Gasteiger charge is 2.41. The number of fused-ring (bicyclic) bond motifs is 3. The Morgan fingerprint density at radius 2 is 2.29 bits per heavy atom. The Balaban J connectivity index is 1.54. The van der Waals surface area contributed by atoms with Gasteiger partial charge in [0.1, 0.15) is 5.69 Å². The average Bonchev–Trinajstić information content (AvgIpc) is 2.86. The van der Waals surface area contributed by atoms with Crippen LogP contribution in [0.15, 0.2) is 24.3 Å². The largest absolute Gasteiger partial charge is 0.476 e. The summed E-state index contributed by atoms with van der Waals surface area (Å²) in [4.78, 5) is 7.15.